The van der Waals surface area contributed by atoms with Gasteiger partial charge in [0, 0.05) is 26.3 Å². The Balaban J connectivity index is 2.70. The Morgan fingerprint density at radius 3 is 2.62 bits per heavy atom. The van der Waals surface area contributed by atoms with Crippen LogP contribution in [-0.4, -0.2) is 27.6 Å². The number of aryl methyl sites for hydroxylation is 2. The maximum absolute atomic E-state index is 4.55. The highest BCUT2D eigenvalue weighted by molar-refractivity contribution is 5.87. The zero-order valence-corrected chi connectivity index (χ0v) is 10.5. The molecule has 0 saturated carbocycles. The molecule has 86 valence electrons. The summed E-state index contributed by atoms with van der Waals surface area (Å²) < 4.78 is 2.07. The maximum Gasteiger partial charge on any atom is 0.156 e. The van der Waals surface area contributed by atoms with Gasteiger partial charge in [0.25, 0.3) is 0 Å². The van der Waals surface area contributed by atoms with Gasteiger partial charge in [0.2, 0.25) is 0 Å². The number of hydrogen-bond acceptors (Lipinski definition) is 3. The molecule has 0 atom stereocenters. The SMILES string of the molecule is Cc1nc(N(C)C(C)C)c2c(ccn2C)n1. The molecule has 0 aliphatic heterocycles. The Labute approximate surface area is 95.9 Å². The number of rotatable bonds is 2. The molecule has 2 heterocycles. The van der Waals surface area contributed by atoms with Crippen LogP contribution in [0.2, 0.25) is 0 Å². The summed E-state index contributed by atoms with van der Waals surface area (Å²) >= 11 is 0. The molecule has 0 radical (unpaired) electrons. The van der Waals surface area contributed by atoms with Crippen LogP contribution in [0.25, 0.3) is 11.0 Å². The monoisotopic (exact) mass is 218 g/mol. The fraction of sp³-hybridized carbons (Fsp3) is 0.500. The van der Waals surface area contributed by atoms with Crippen LogP contribution in [0, 0.1) is 6.92 Å². The quantitative estimate of drug-likeness (QED) is 0.774. The van der Waals surface area contributed by atoms with Gasteiger partial charge in [-0.3, -0.25) is 0 Å². The molecular formula is C12H18N4. The summed E-state index contributed by atoms with van der Waals surface area (Å²) in [5.74, 6) is 1.83. The predicted octanol–water partition coefficient (Wildman–Crippen LogP) is 2.12. The van der Waals surface area contributed by atoms with E-state index in [2.05, 4.69) is 40.3 Å². The first-order valence-corrected chi connectivity index (χ1v) is 5.53. The van der Waals surface area contributed by atoms with Crippen LogP contribution in [0.5, 0.6) is 0 Å². The van der Waals surface area contributed by atoms with Gasteiger partial charge < -0.3 is 9.47 Å². The van der Waals surface area contributed by atoms with Crippen molar-refractivity contribution in [3.05, 3.63) is 18.1 Å². The normalized spacial score (nSPS) is 11.4. The molecule has 0 bridgehead atoms. The van der Waals surface area contributed by atoms with Gasteiger partial charge in [-0.2, -0.15) is 0 Å². The van der Waals surface area contributed by atoms with E-state index < -0.39 is 0 Å². The number of fused-ring (bicyclic) bond motifs is 1. The molecule has 0 saturated heterocycles. The third-order valence-electron chi connectivity index (χ3n) is 2.92. The first-order chi connectivity index (χ1) is 7.50. The van der Waals surface area contributed by atoms with E-state index in [0.717, 1.165) is 22.7 Å². The van der Waals surface area contributed by atoms with E-state index in [1.807, 2.05) is 26.2 Å². The van der Waals surface area contributed by atoms with E-state index in [1.54, 1.807) is 0 Å². The molecule has 0 aliphatic rings. The molecule has 0 spiro atoms. The largest absolute Gasteiger partial charge is 0.355 e. The zero-order valence-electron chi connectivity index (χ0n) is 10.5. The summed E-state index contributed by atoms with van der Waals surface area (Å²) in [4.78, 5) is 11.2. The molecule has 2 aromatic rings. The number of anilines is 1. The van der Waals surface area contributed by atoms with Crippen LogP contribution in [0.4, 0.5) is 5.82 Å². The highest BCUT2D eigenvalue weighted by atomic mass is 15.2. The number of nitrogens with zero attached hydrogens (tertiary/aromatic N) is 4. The number of aromatic nitrogens is 3. The lowest BCUT2D eigenvalue weighted by Crippen LogP contribution is -2.27. The van der Waals surface area contributed by atoms with Crippen molar-refractivity contribution in [3.8, 4) is 0 Å². The first-order valence-electron chi connectivity index (χ1n) is 5.53. The molecule has 0 amide bonds. The predicted molar refractivity (Wildman–Crippen MR) is 66.8 cm³/mol. The number of hydrogen-bond donors (Lipinski definition) is 0. The molecule has 0 aromatic carbocycles. The van der Waals surface area contributed by atoms with Crippen molar-refractivity contribution in [1.82, 2.24) is 14.5 Å². The summed E-state index contributed by atoms with van der Waals surface area (Å²) in [5, 5.41) is 0. The summed E-state index contributed by atoms with van der Waals surface area (Å²) in [7, 11) is 4.09. The zero-order chi connectivity index (χ0) is 11.9. The molecule has 0 N–H and O–H groups in total. The van der Waals surface area contributed by atoms with Crippen molar-refractivity contribution >= 4 is 16.9 Å². The van der Waals surface area contributed by atoms with E-state index in [9.17, 15) is 0 Å². The van der Waals surface area contributed by atoms with Crippen molar-refractivity contribution in [3.63, 3.8) is 0 Å². The average Bonchev–Trinajstić information content (AvgIpc) is 2.58. The van der Waals surface area contributed by atoms with Gasteiger partial charge in [0.1, 0.15) is 11.3 Å². The Morgan fingerprint density at radius 2 is 2.00 bits per heavy atom. The van der Waals surface area contributed by atoms with Crippen molar-refractivity contribution in [1.29, 1.82) is 0 Å². The molecule has 16 heavy (non-hydrogen) atoms. The minimum Gasteiger partial charge on any atom is -0.355 e. The van der Waals surface area contributed by atoms with Gasteiger partial charge in [0.05, 0.1) is 5.52 Å². The van der Waals surface area contributed by atoms with Crippen LogP contribution in [-0.2, 0) is 7.05 Å². The second-order valence-electron chi connectivity index (χ2n) is 4.46. The fourth-order valence-electron chi connectivity index (χ4n) is 1.78. The van der Waals surface area contributed by atoms with Crippen LogP contribution < -0.4 is 4.90 Å². The summed E-state index contributed by atoms with van der Waals surface area (Å²) in [6, 6.07) is 2.45. The summed E-state index contributed by atoms with van der Waals surface area (Å²) in [6.07, 6.45) is 2.02. The second-order valence-corrected chi connectivity index (χ2v) is 4.46. The third kappa shape index (κ3) is 1.64. The van der Waals surface area contributed by atoms with Crippen molar-refractivity contribution < 1.29 is 0 Å². The molecule has 0 aliphatic carbocycles. The molecule has 0 fully saturated rings. The molecule has 0 unspecified atom stereocenters. The van der Waals surface area contributed by atoms with E-state index in [0.29, 0.717) is 6.04 Å². The lowest BCUT2D eigenvalue weighted by Gasteiger charge is -2.23. The van der Waals surface area contributed by atoms with E-state index in [4.69, 9.17) is 0 Å². The van der Waals surface area contributed by atoms with E-state index in [1.165, 1.54) is 0 Å². The van der Waals surface area contributed by atoms with Crippen LogP contribution >= 0.6 is 0 Å². The van der Waals surface area contributed by atoms with Gasteiger partial charge in [0.15, 0.2) is 5.82 Å². The smallest absolute Gasteiger partial charge is 0.156 e. The molecule has 4 nitrogen and oxygen atoms in total. The van der Waals surface area contributed by atoms with Crippen LogP contribution in [0.3, 0.4) is 0 Å². The molecular weight excluding hydrogens is 200 g/mol. The van der Waals surface area contributed by atoms with Gasteiger partial charge in [-0.1, -0.05) is 0 Å². The lowest BCUT2D eigenvalue weighted by atomic mass is 10.3. The Kier molecular flexibility index (Phi) is 2.58. The Morgan fingerprint density at radius 1 is 1.31 bits per heavy atom. The third-order valence-corrected chi connectivity index (χ3v) is 2.92. The van der Waals surface area contributed by atoms with Crippen LogP contribution in [0.15, 0.2) is 12.3 Å². The highest BCUT2D eigenvalue weighted by Gasteiger charge is 2.14. The van der Waals surface area contributed by atoms with Crippen molar-refractivity contribution in [2.24, 2.45) is 7.05 Å². The summed E-state index contributed by atoms with van der Waals surface area (Å²) in [6.45, 7) is 6.25. The molecule has 4 heteroatoms. The van der Waals surface area contributed by atoms with E-state index >= 15 is 0 Å². The van der Waals surface area contributed by atoms with E-state index in [-0.39, 0.29) is 0 Å². The van der Waals surface area contributed by atoms with Crippen molar-refractivity contribution in [2.45, 2.75) is 26.8 Å². The Hall–Kier alpha value is -1.58. The molecule has 2 aromatic heterocycles. The Bertz CT molecular complexity index is 513. The van der Waals surface area contributed by atoms with Gasteiger partial charge >= 0.3 is 0 Å². The molecule has 2 rings (SSSR count). The minimum atomic E-state index is 0.424. The second kappa shape index (κ2) is 3.77. The standard InChI is InChI=1S/C12H18N4/c1-8(2)16(5)12-11-10(6-7-15(11)4)13-9(3)14-12/h6-8H,1-5H3. The maximum atomic E-state index is 4.55. The van der Waals surface area contributed by atoms with Gasteiger partial charge in [-0.25, -0.2) is 9.97 Å². The van der Waals surface area contributed by atoms with Gasteiger partial charge in [-0.05, 0) is 26.8 Å². The average molecular weight is 218 g/mol. The fourth-order valence-corrected chi connectivity index (χ4v) is 1.78. The lowest BCUT2D eigenvalue weighted by molar-refractivity contribution is 0.740. The van der Waals surface area contributed by atoms with Crippen molar-refractivity contribution in [2.75, 3.05) is 11.9 Å². The summed E-state index contributed by atoms with van der Waals surface area (Å²) in [5.41, 5.74) is 2.11. The first kappa shape index (κ1) is 10.9. The highest BCUT2D eigenvalue weighted by Crippen LogP contribution is 2.24. The van der Waals surface area contributed by atoms with Gasteiger partial charge in [-0.15, -0.1) is 0 Å². The minimum absolute atomic E-state index is 0.424. The topological polar surface area (TPSA) is 34.0 Å². The van der Waals surface area contributed by atoms with Crippen LogP contribution in [0.1, 0.15) is 19.7 Å².